The number of amides is 1. The molecule has 1 amide bonds. The smallest absolute Gasteiger partial charge is 0.330 e. The van der Waals surface area contributed by atoms with Crippen LogP contribution in [0.1, 0.15) is 30.1 Å². The Hall–Kier alpha value is -2.22. The molecular weight excluding hydrogens is 358 g/mol. The Morgan fingerprint density at radius 1 is 1.31 bits per heavy atom. The number of benzene rings is 1. The fraction of sp³-hybridized carbons (Fsp3) is 0.500. The van der Waals surface area contributed by atoms with Gasteiger partial charge in [0.1, 0.15) is 17.5 Å². The van der Waals surface area contributed by atoms with E-state index in [4.69, 9.17) is 14.2 Å². The largest absolute Gasteiger partial charge is 0.497 e. The molecule has 2 saturated heterocycles. The number of rotatable bonds is 6. The highest BCUT2D eigenvalue weighted by Gasteiger charge is 2.53. The second-order valence-electron chi connectivity index (χ2n) is 6.36. The van der Waals surface area contributed by atoms with Gasteiger partial charge in [-0.15, -0.1) is 11.8 Å². The molecule has 0 radical (unpaired) electrons. The van der Waals surface area contributed by atoms with Gasteiger partial charge in [0.15, 0.2) is 6.61 Å². The molecule has 0 N–H and O–H groups in total. The van der Waals surface area contributed by atoms with E-state index in [9.17, 15) is 14.4 Å². The number of carbonyl (C=O) groups is 3. The summed E-state index contributed by atoms with van der Waals surface area (Å²) in [5.74, 6) is 0.439. The van der Waals surface area contributed by atoms with Crippen molar-refractivity contribution >= 4 is 29.4 Å². The summed E-state index contributed by atoms with van der Waals surface area (Å²) < 4.78 is 15.5. The molecule has 2 atom stereocenters. The Morgan fingerprint density at radius 2 is 2.08 bits per heavy atom. The number of methoxy groups -OCH3 is 2. The zero-order chi connectivity index (χ0) is 18.9. The van der Waals surface area contributed by atoms with Crippen LogP contribution in [0.15, 0.2) is 18.2 Å². The van der Waals surface area contributed by atoms with Crippen molar-refractivity contribution in [2.45, 2.75) is 30.7 Å². The molecule has 0 aliphatic carbocycles. The normalized spacial score (nSPS) is 24.3. The summed E-state index contributed by atoms with van der Waals surface area (Å²) in [4.78, 5) is 38.2. The van der Waals surface area contributed by atoms with Crippen molar-refractivity contribution in [1.82, 2.24) is 4.90 Å². The first-order valence-corrected chi connectivity index (χ1v) is 9.26. The van der Waals surface area contributed by atoms with E-state index < -0.39 is 18.6 Å². The molecule has 2 aliphatic rings. The molecule has 7 nitrogen and oxygen atoms in total. The van der Waals surface area contributed by atoms with Gasteiger partial charge >= 0.3 is 5.97 Å². The highest BCUT2D eigenvalue weighted by molar-refractivity contribution is 8.01. The van der Waals surface area contributed by atoms with Gasteiger partial charge in [-0.2, -0.15) is 0 Å². The van der Waals surface area contributed by atoms with Crippen LogP contribution in [0.4, 0.5) is 0 Å². The van der Waals surface area contributed by atoms with Gasteiger partial charge in [-0.05, 0) is 25.5 Å². The topological polar surface area (TPSA) is 82.1 Å². The molecule has 0 unspecified atom stereocenters. The maximum Gasteiger partial charge on any atom is 0.330 e. The molecule has 1 aromatic rings. The molecule has 3 rings (SSSR count). The molecule has 2 heterocycles. The van der Waals surface area contributed by atoms with Gasteiger partial charge in [0, 0.05) is 18.2 Å². The minimum absolute atomic E-state index is 0.0393. The number of hydrogen-bond acceptors (Lipinski definition) is 7. The van der Waals surface area contributed by atoms with E-state index in [1.807, 2.05) is 6.92 Å². The van der Waals surface area contributed by atoms with Crippen molar-refractivity contribution in [2.24, 2.45) is 0 Å². The number of hydrogen-bond donors (Lipinski definition) is 0. The number of ketones is 1. The summed E-state index contributed by atoms with van der Waals surface area (Å²) in [6, 6.07) is 4.17. The van der Waals surface area contributed by atoms with Crippen LogP contribution in [0.2, 0.25) is 0 Å². The van der Waals surface area contributed by atoms with Gasteiger partial charge in [0.05, 0.1) is 24.7 Å². The summed E-state index contributed by atoms with van der Waals surface area (Å²) >= 11 is 1.58. The number of carbonyl (C=O) groups excluding carboxylic acids is 3. The van der Waals surface area contributed by atoms with Crippen LogP contribution in [-0.4, -0.2) is 60.1 Å². The highest BCUT2D eigenvalue weighted by atomic mass is 32.2. The van der Waals surface area contributed by atoms with Crippen molar-refractivity contribution < 1.29 is 28.6 Å². The van der Waals surface area contributed by atoms with Crippen LogP contribution < -0.4 is 9.47 Å². The summed E-state index contributed by atoms with van der Waals surface area (Å²) in [6.45, 7) is 1.56. The average molecular weight is 379 g/mol. The van der Waals surface area contributed by atoms with Gasteiger partial charge < -0.3 is 19.1 Å². The SMILES string of the molecule is COc1ccc(C(=O)COC(=O)[C@@H]2CS[C@]3(C)CCC(=O)N23)c(OC)c1. The van der Waals surface area contributed by atoms with E-state index in [0.29, 0.717) is 29.2 Å². The quantitative estimate of drug-likeness (QED) is 0.551. The Labute approximate surface area is 156 Å². The standard InChI is InChI=1S/C18H21NO6S/c1-18-7-6-16(21)19(18)13(10-26-18)17(22)25-9-14(20)12-5-4-11(23-2)8-15(12)24-3/h4-5,8,13H,6-7,9-10H2,1-3H3/t13-,18+/m0/s1. The second-order valence-corrected chi connectivity index (χ2v) is 7.86. The zero-order valence-electron chi connectivity index (χ0n) is 14.9. The average Bonchev–Trinajstić information content (AvgIpc) is 3.14. The Balaban J connectivity index is 1.65. The maximum atomic E-state index is 12.4. The predicted octanol–water partition coefficient (Wildman–Crippen LogP) is 1.88. The molecule has 0 saturated carbocycles. The van der Waals surface area contributed by atoms with Crippen LogP contribution in [0, 0.1) is 0 Å². The lowest BCUT2D eigenvalue weighted by atomic mass is 10.1. The summed E-state index contributed by atoms with van der Waals surface area (Å²) in [5.41, 5.74) is 0.309. The Kier molecular flexibility index (Phi) is 5.13. The predicted molar refractivity (Wildman–Crippen MR) is 95.6 cm³/mol. The molecule has 0 bridgehead atoms. The van der Waals surface area contributed by atoms with E-state index in [1.54, 1.807) is 34.9 Å². The third-order valence-electron chi connectivity index (χ3n) is 4.77. The molecular formula is C18H21NO6S. The molecule has 0 spiro atoms. The molecule has 1 aromatic carbocycles. The Bertz CT molecular complexity index is 751. The summed E-state index contributed by atoms with van der Waals surface area (Å²) in [7, 11) is 2.97. The minimum Gasteiger partial charge on any atom is -0.497 e. The van der Waals surface area contributed by atoms with Crippen molar-refractivity contribution in [3.63, 3.8) is 0 Å². The lowest BCUT2D eigenvalue weighted by Gasteiger charge is -2.29. The van der Waals surface area contributed by atoms with Gasteiger partial charge in [0.2, 0.25) is 11.7 Å². The molecule has 2 fully saturated rings. The monoisotopic (exact) mass is 379 g/mol. The molecule has 2 aliphatic heterocycles. The van der Waals surface area contributed by atoms with Crippen LogP contribution in [-0.2, 0) is 14.3 Å². The Morgan fingerprint density at radius 3 is 2.77 bits per heavy atom. The van der Waals surface area contributed by atoms with Gasteiger partial charge in [-0.25, -0.2) is 4.79 Å². The number of ether oxygens (including phenoxy) is 3. The van der Waals surface area contributed by atoms with E-state index in [0.717, 1.165) is 6.42 Å². The number of esters is 1. The lowest BCUT2D eigenvalue weighted by Crippen LogP contribution is -2.46. The zero-order valence-corrected chi connectivity index (χ0v) is 15.8. The van der Waals surface area contributed by atoms with E-state index in [1.165, 1.54) is 14.2 Å². The fourth-order valence-corrected chi connectivity index (χ4v) is 4.75. The van der Waals surface area contributed by atoms with E-state index in [-0.39, 0.29) is 16.6 Å². The van der Waals surface area contributed by atoms with E-state index >= 15 is 0 Å². The number of Topliss-reactive ketones (excluding diaryl/α,β-unsaturated/α-hetero) is 1. The van der Waals surface area contributed by atoms with Crippen LogP contribution in [0.3, 0.4) is 0 Å². The first kappa shape index (κ1) is 18.6. The van der Waals surface area contributed by atoms with Crippen LogP contribution in [0.25, 0.3) is 0 Å². The first-order valence-electron chi connectivity index (χ1n) is 8.27. The van der Waals surface area contributed by atoms with Gasteiger partial charge in [-0.3, -0.25) is 9.59 Å². The fourth-order valence-electron chi connectivity index (χ4n) is 3.33. The molecule has 26 heavy (non-hydrogen) atoms. The van der Waals surface area contributed by atoms with Crippen LogP contribution in [0.5, 0.6) is 11.5 Å². The van der Waals surface area contributed by atoms with Gasteiger partial charge in [-0.1, -0.05) is 0 Å². The van der Waals surface area contributed by atoms with Crippen LogP contribution >= 0.6 is 11.8 Å². The van der Waals surface area contributed by atoms with Crippen molar-refractivity contribution in [3.8, 4) is 11.5 Å². The number of nitrogens with zero attached hydrogens (tertiary/aromatic N) is 1. The molecule has 0 aromatic heterocycles. The van der Waals surface area contributed by atoms with Crippen molar-refractivity contribution in [2.75, 3.05) is 26.6 Å². The first-order chi connectivity index (χ1) is 12.4. The van der Waals surface area contributed by atoms with Gasteiger partial charge in [0.25, 0.3) is 0 Å². The highest BCUT2D eigenvalue weighted by Crippen LogP contribution is 2.47. The van der Waals surface area contributed by atoms with E-state index in [2.05, 4.69) is 0 Å². The number of fused-ring (bicyclic) bond motifs is 1. The number of thioether (sulfide) groups is 1. The third kappa shape index (κ3) is 3.25. The minimum atomic E-state index is -0.634. The lowest BCUT2D eigenvalue weighted by molar-refractivity contribution is -0.152. The maximum absolute atomic E-state index is 12.4. The molecule has 8 heteroatoms. The third-order valence-corrected chi connectivity index (χ3v) is 6.28. The summed E-state index contributed by atoms with van der Waals surface area (Å²) in [6.07, 6.45) is 1.16. The second kappa shape index (κ2) is 7.19. The summed E-state index contributed by atoms with van der Waals surface area (Å²) in [5, 5.41) is 0. The molecule has 140 valence electrons. The van der Waals surface area contributed by atoms with Crippen molar-refractivity contribution in [3.05, 3.63) is 23.8 Å². The van der Waals surface area contributed by atoms with Crippen molar-refractivity contribution in [1.29, 1.82) is 0 Å².